The van der Waals surface area contributed by atoms with Crippen LogP contribution in [0.25, 0.3) is 260 Å². The number of hydrogen-bond donors (Lipinski definition) is 0. The van der Waals surface area contributed by atoms with Gasteiger partial charge in [0, 0.05) is 90.2 Å². The molecule has 0 spiro atoms. The molecule has 0 aliphatic carbocycles. The van der Waals surface area contributed by atoms with E-state index in [1.165, 1.54) is 131 Å². The second kappa shape index (κ2) is 37.2. The number of fused-ring (bicyclic) bond motifs is 15. The summed E-state index contributed by atoms with van der Waals surface area (Å²) in [7, 11) is 0. The molecule has 9 heteroatoms. The molecule has 9 nitrogen and oxygen atoms in total. The van der Waals surface area contributed by atoms with Crippen molar-refractivity contribution in [2.24, 2.45) is 0 Å². The molecule has 0 N–H and O–H groups in total. The predicted octanol–water partition coefficient (Wildman–Crippen LogP) is 35.4. The number of hydrogen-bond acceptors (Lipinski definition) is 6. The second-order valence-electron chi connectivity index (χ2n) is 36.9. The second-order valence-corrected chi connectivity index (χ2v) is 36.9. The fraction of sp³-hybridized carbons (Fsp3) is 0.0147. The van der Waals surface area contributed by atoms with E-state index < -0.39 is 0 Å². The van der Waals surface area contributed by atoms with E-state index in [-0.39, 0.29) is 0 Å². The maximum Gasteiger partial charge on any atom is 0.160 e. The summed E-state index contributed by atoms with van der Waals surface area (Å²) in [5.74, 6) is 2.45. The number of para-hydroxylation sites is 6. The molecule has 0 saturated heterocycles. The summed E-state index contributed by atoms with van der Waals surface area (Å²) < 4.78 is 7.08. The van der Waals surface area contributed by atoms with Crippen LogP contribution in [-0.4, -0.2) is 43.6 Å². The highest BCUT2D eigenvalue weighted by molar-refractivity contribution is 6.22. The third-order valence-corrected chi connectivity index (χ3v) is 28.4. The number of imidazole rings is 1. The number of nitrogens with zero attached hydrogens (tertiary/aromatic N) is 9. The monoisotopic (exact) mass is 1850 g/mol. The quantitative estimate of drug-likeness (QED) is 0.0750. The first kappa shape index (κ1) is 86.1. The number of aryl methyl sites for hydroxylation is 1. The van der Waals surface area contributed by atoms with E-state index in [4.69, 9.17) is 24.9 Å². The predicted molar refractivity (Wildman–Crippen MR) is 606 cm³/mol. The van der Waals surface area contributed by atoms with Crippen molar-refractivity contribution in [1.82, 2.24) is 43.6 Å². The molecule has 0 atom stereocenters. The first-order valence-electron chi connectivity index (χ1n) is 49.5. The average Bonchev–Trinajstić information content (AvgIpc) is 1.70. The van der Waals surface area contributed by atoms with Gasteiger partial charge < -0.3 is 9.13 Å². The Morgan fingerprint density at radius 3 is 0.924 bits per heavy atom. The summed E-state index contributed by atoms with van der Waals surface area (Å²) >= 11 is 0. The number of rotatable bonds is 15. The van der Waals surface area contributed by atoms with Crippen molar-refractivity contribution in [2.75, 3.05) is 0 Å². The third kappa shape index (κ3) is 15.9. The first-order chi connectivity index (χ1) is 71.9. The van der Waals surface area contributed by atoms with E-state index in [2.05, 4.69) is 499 Å². The lowest BCUT2D eigenvalue weighted by Crippen LogP contribution is -2.01. The molecular weight excluding hydrogens is 1760 g/mol. The highest BCUT2D eigenvalue weighted by atomic mass is 15.1. The molecule has 680 valence electrons. The minimum atomic E-state index is 0.686. The standard InChI is InChI=1S/C52H34N4.C43H27N3.C41H30N2/c1-3-15-35(16-4-1)36-27-29-37(30-28-36)46-34-47(54-52(53-46)38-17-5-2-6-18-38)39-31-40(55-48-23-11-7-19-42(48)43-20-8-12-24-49(43)55)33-41(32-39)56-50-25-13-9-21-44(50)45-22-10-14-26-51(45)56;1-3-13-32-30(11-1)25-38(36-17-7-5-15-34(32)36)41-27-42(39-26-31-12-2-4-14-33(31)35-16-6-8-18-37(35)39)46-43(45-41)29-22-20-28(21-23-29)40-19-9-10-24-44-40;1-2-39-42-37-18-10-11-19-38(37)43(39)32-26-24-31(25-27-32)41-35-16-8-6-14-33(35)40(34-15-7-9-17-36(34)41)30-22-20-29(21-23-30)28-12-4-3-5-13-28/h1-34H;1-27H;3-27H,2H2,1H3. The van der Waals surface area contributed by atoms with E-state index >= 15 is 0 Å². The van der Waals surface area contributed by atoms with Crippen molar-refractivity contribution in [2.45, 2.75) is 13.3 Å². The topological polar surface area (TPSA) is 92.1 Å². The molecule has 0 aliphatic rings. The lowest BCUT2D eigenvalue weighted by Gasteiger charge is -2.18. The van der Waals surface area contributed by atoms with E-state index in [0.717, 1.165) is 130 Å². The van der Waals surface area contributed by atoms with Gasteiger partial charge in [-0.25, -0.2) is 24.9 Å². The molecule has 0 aliphatic heterocycles. The van der Waals surface area contributed by atoms with Crippen LogP contribution in [0, 0.1) is 0 Å². The lowest BCUT2D eigenvalue weighted by molar-refractivity contribution is 0.908. The van der Waals surface area contributed by atoms with Crippen LogP contribution in [0.1, 0.15) is 12.7 Å². The van der Waals surface area contributed by atoms with Crippen molar-refractivity contribution in [3.8, 4) is 141 Å². The van der Waals surface area contributed by atoms with Crippen LogP contribution < -0.4 is 0 Å². The van der Waals surface area contributed by atoms with Crippen LogP contribution in [0.5, 0.6) is 0 Å². The van der Waals surface area contributed by atoms with E-state index in [1.807, 2.05) is 48.7 Å². The molecule has 0 bridgehead atoms. The van der Waals surface area contributed by atoms with E-state index in [1.54, 1.807) is 0 Å². The van der Waals surface area contributed by atoms with Gasteiger partial charge in [-0.15, -0.1) is 0 Å². The lowest BCUT2D eigenvalue weighted by atomic mass is 9.85. The van der Waals surface area contributed by atoms with Crippen LogP contribution in [0.4, 0.5) is 0 Å². The Morgan fingerprint density at radius 2 is 0.490 bits per heavy atom. The van der Waals surface area contributed by atoms with Crippen molar-refractivity contribution >= 4 is 119 Å². The van der Waals surface area contributed by atoms with Gasteiger partial charge in [0.15, 0.2) is 11.6 Å². The fourth-order valence-corrected chi connectivity index (χ4v) is 21.6. The summed E-state index contributed by atoms with van der Waals surface area (Å²) in [5, 5.41) is 19.6. The van der Waals surface area contributed by atoms with Crippen LogP contribution in [-0.2, 0) is 6.42 Å². The smallest absolute Gasteiger partial charge is 0.160 e. The highest BCUT2D eigenvalue weighted by Gasteiger charge is 2.25. The Bertz CT molecular complexity index is 9390. The largest absolute Gasteiger partial charge is 0.309 e. The fourth-order valence-electron chi connectivity index (χ4n) is 21.6. The van der Waals surface area contributed by atoms with Gasteiger partial charge in [0.1, 0.15) is 5.82 Å². The Morgan fingerprint density at radius 1 is 0.179 bits per heavy atom. The third-order valence-electron chi connectivity index (χ3n) is 28.4. The molecule has 28 aromatic rings. The molecule has 0 unspecified atom stereocenters. The molecule has 145 heavy (non-hydrogen) atoms. The SMILES string of the molecule is CCc1nc2ccccc2n1-c1ccc(-c2c3ccccc3c(-c3ccc(-c4ccccc4)cc3)c3ccccc23)cc1.c1ccc(-c2ccc(-c3cc(-c4cc(-n5c6ccccc6c6ccccc65)cc(-n5c6ccccc6c6ccccc65)c4)nc(-c4ccccc4)n3)cc2)cc1.c1ccc(-c2ccc(-c3nc(-c4cc5ccccc5c5ccccc45)cc(-c4cc5ccccc5c5ccccc45)n3)cc2)nc1. The molecule has 0 radical (unpaired) electrons. The van der Waals surface area contributed by atoms with Gasteiger partial charge in [0.05, 0.1) is 61.6 Å². The summed E-state index contributed by atoms with van der Waals surface area (Å²) in [5.41, 5.74) is 31.5. The van der Waals surface area contributed by atoms with Gasteiger partial charge in [-0.2, -0.15) is 0 Å². The zero-order valence-corrected chi connectivity index (χ0v) is 79.4. The van der Waals surface area contributed by atoms with Crippen LogP contribution in [0.3, 0.4) is 0 Å². The van der Waals surface area contributed by atoms with Crippen molar-refractivity contribution in [3.05, 3.63) is 528 Å². The van der Waals surface area contributed by atoms with Gasteiger partial charge in [0.25, 0.3) is 0 Å². The van der Waals surface area contributed by atoms with Gasteiger partial charge in [-0.1, -0.05) is 419 Å². The number of aromatic nitrogens is 9. The summed E-state index contributed by atoms with van der Waals surface area (Å²) in [4.78, 5) is 30.5. The van der Waals surface area contributed by atoms with Gasteiger partial charge in [-0.3, -0.25) is 9.55 Å². The molecule has 0 saturated carbocycles. The highest BCUT2D eigenvalue weighted by Crippen LogP contribution is 2.48. The van der Waals surface area contributed by atoms with Gasteiger partial charge in [0.2, 0.25) is 0 Å². The maximum atomic E-state index is 5.33. The Hall–Kier alpha value is -19.2. The molecule has 22 aromatic carbocycles. The van der Waals surface area contributed by atoms with Crippen molar-refractivity contribution in [1.29, 1.82) is 0 Å². The molecule has 0 fully saturated rings. The van der Waals surface area contributed by atoms with E-state index in [0.29, 0.717) is 11.6 Å². The minimum absolute atomic E-state index is 0.686. The summed E-state index contributed by atoms with van der Waals surface area (Å²) in [6.45, 7) is 2.17. The van der Waals surface area contributed by atoms with Gasteiger partial charge in [-0.05, 0) is 212 Å². The normalized spacial score (nSPS) is 11.5. The Kier molecular flexibility index (Phi) is 22.1. The summed E-state index contributed by atoms with van der Waals surface area (Å²) in [6, 6.07) is 183. The number of pyridine rings is 1. The first-order valence-corrected chi connectivity index (χ1v) is 49.5. The summed E-state index contributed by atoms with van der Waals surface area (Å²) in [6.07, 6.45) is 2.70. The van der Waals surface area contributed by atoms with Crippen LogP contribution in [0.2, 0.25) is 0 Å². The molecule has 6 heterocycles. The van der Waals surface area contributed by atoms with Gasteiger partial charge >= 0.3 is 0 Å². The van der Waals surface area contributed by atoms with E-state index in [9.17, 15) is 0 Å². The maximum absolute atomic E-state index is 5.33. The van der Waals surface area contributed by atoms with Crippen molar-refractivity contribution in [3.63, 3.8) is 0 Å². The zero-order chi connectivity index (χ0) is 96.2. The molecule has 6 aromatic heterocycles. The minimum Gasteiger partial charge on any atom is -0.309 e. The molecular formula is C136H91N9. The molecule has 28 rings (SSSR count). The zero-order valence-electron chi connectivity index (χ0n) is 79.4. The average molecular weight is 1850 g/mol. The van der Waals surface area contributed by atoms with Crippen molar-refractivity contribution < 1.29 is 0 Å². The van der Waals surface area contributed by atoms with Crippen LogP contribution >= 0.6 is 0 Å². The van der Waals surface area contributed by atoms with Crippen LogP contribution in [0.15, 0.2) is 522 Å². The Labute approximate surface area is 838 Å². The Balaban J connectivity index is 0.000000112. The number of benzene rings is 22. The molecule has 0 amide bonds.